The van der Waals surface area contributed by atoms with Crippen LogP contribution >= 0.6 is 0 Å². The van der Waals surface area contributed by atoms with Gasteiger partial charge in [-0.3, -0.25) is 4.79 Å². The molecule has 1 rings (SSSR count). The number of nitrogens with zero attached hydrogens (tertiary/aromatic N) is 1. The number of hydrogen-bond acceptors (Lipinski definition) is 2. The molecule has 0 aromatic rings. The molecule has 1 aliphatic heterocycles. The Morgan fingerprint density at radius 3 is 2.47 bits per heavy atom. The van der Waals surface area contributed by atoms with Crippen LogP contribution in [0.4, 0.5) is 0 Å². The van der Waals surface area contributed by atoms with Gasteiger partial charge in [0, 0.05) is 25.6 Å². The Morgan fingerprint density at radius 1 is 1.35 bits per heavy atom. The van der Waals surface area contributed by atoms with E-state index >= 15 is 0 Å². The third kappa shape index (κ3) is 3.44. The molecule has 1 fully saturated rings. The van der Waals surface area contributed by atoms with E-state index in [0.29, 0.717) is 11.3 Å². The van der Waals surface area contributed by atoms with Crippen LogP contribution in [0, 0.1) is 11.3 Å². The zero-order valence-corrected chi connectivity index (χ0v) is 11.9. The monoisotopic (exact) mass is 240 g/mol. The third-order valence-corrected chi connectivity index (χ3v) is 4.37. The summed E-state index contributed by atoms with van der Waals surface area (Å²) in [6.45, 7) is 12.3. The van der Waals surface area contributed by atoms with Gasteiger partial charge in [0.2, 0.25) is 5.91 Å². The van der Waals surface area contributed by atoms with Crippen molar-refractivity contribution in [3.8, 4) is 0 Å². The molecular weight excluding hydrogens is 212 g/mol. The van der Waals surface area contributed by atoms with Gasteiger partial charge < -0.3 is 10.2 Å². The van der Waals surface area contributed by atoms with Crippen molar-refractivity contribution in [2.24, 2.45) is 11.3 Å². The van der Waals surface area contributed by atoms with Crippen LogP contribution in [0.5, 0.6) is 0 Å². The minimum absolute atomic E-state index is 0.111. The first-order valence-corrected chi connectivity index (χ1v) is 7.08. The molecule has 0 radical (unpaired) electrons. The van der Waals surface area contributed by atoms with Gasteiger partial charge in [-0.2, -0.15) is 0 Å². The summed E-state index contributed by atoms with van der Waals surface area (Å²) in [6, 6.07) is 0. The lowest BCUT2D eigenvalue weighted by atomic mass is 9.82. The topological polar surface area (TPSA) is 32.3 Å². The number of carbonyl (C=O) groups excluding carboxylic acids is 1. The minimum Gasteiger partial charge on any atom is -0.342 e. The maximum absolute atomic E-state index is 12.3. The van der Waals surface area contributed by atoms with E-state index in [1.165, 1.54) is 19.3 Å². The van der Waals surface area contributed by atoms with E-state index in [1.54, 1.807) is 0 Å². The summed E-state index contributed by atoms with van der Waals surface area (Å²) in [5.74, 6) is 0.439. The zero-order valence-electron chi connectivity index (χ0n) is 11.9. The molecule has 3 heteroatoms. The molecule has 1 amide bonds. The molecule has 100 valence electrons. The molecule has 1 atom stereocenters. The second kappa shape index (κ2) is 6.39. The molecule has 1 heterocycles. The van der Waals surface area contributed by atoms with Crippen LogP contribution in [-0.2, 0) is 4.79 Å². The van der Waals surface area contributed by atoms with Crippen molar-refractivity contribution in [3.05, 3.63) is 0 Å². The molecule has 3 nitrogen and oxygen atoms in total. The molecule has 0 aromatic carbocycles. The molecule has 1 unspecified atom stereocenters. The first-order valence-electron chi connectivity index (χ1n) is 7.08. The van der Waals surface area contributed by atoms with Gasteiger partial charge in [0.1, 0.15) is 0 Å². The average Bonchev–Trinajstić information content (AvgIpc) is 2.80. The van der Waals surface area contributed by atoms with Crippen LogP contribution in [0.15, 0.2) is 0 Å². The summed E-state index contributed by atoms with van der Waals surface area (Å²) in [7, 11) is 0. The van der Waals surface area contributed by atoms with Gasteiger partial charge in [-0.05, 0) is 31.2 Å². The highest BCUT2D eigenvalue weighted by Crippen LogP contribution is 2.37. The van der Waals surface area contributed by atoms with E-state index in [4.69, 9.17) is 0 Å². The SMILES string of the molecule is CCNCC(C)C(=O)N1CCC(CC)(CC)C1. The van der Waals surface area contributed by atoms with Crippen molar-refractivity contribution in [2.45, 2.75) is 47.0 Å². The summed E-state index contributed by atoms with van der Waals surface area (Å²) in [5.41, 5.74) is 0.396. The predicted molar refractivity (Wildman–Crippen MR) is 71.9 cm³/mol. The Labute approximate surface area is 106 Å². The van der Waals surface area contributed by atoms with E-state index in [2.05, 4.69) is 31.0 Å². The predicted octanol–water partition coefficient (Wildman–Crippen LogP) is 2.27. The summed E-state index contributed by atoms with van der Waals surface area (Å²) >= 11 is 0. The Morgan fingerprint density at radius 2 is 2.00 bits per heavy atom. The van der Waals surface area contributed by atoms with Crippen molar-refractivity contribution >= 4 is 5.91 Å². The maximum Gasteiger partial charge on any atom is 0.226 e. The fourth-order valence-corrected chi connectivity index (χ4v) is 2.71. The second-order valence-corrected chi connectivity index (χ2v) is 5.43. The highest BCUT2D eigenvalue weighted by molar-refractivity contribution is 5.79. The Hall–Kier alpha value is -0.570. The van der Waals surface area contributed by atoms with Gasteiger partial charge in [0.05, 0.1) is 0 Å². The Balaban J connectivity index is 2.50. The maximum atomic E-state index is 12.3. The van der Waals surface area contributed by atoms with E-state index in [9.17, 15) is 4.79 Å². The lowest BCUT2D eigenvalue weighted by Gasteiger charge is -2.27. The van der Waals surface area contributed by atoms with E-state index < -0.39 is 0 Å². The number of carbonyl (C=O) groups is 1. The van der Waals surface area contributed by atoms with Gasteiger partial charge in [0.15, 0.2) is 0 Å². The van der Waals surface area contributed by atoms with Crippen LogP contribution in [0.25, 0.3) is 0 Å². The molecule has 0 aromatic heterocycles. The van der Waals surface area contributed by atoms with Crippen LogP contribution in [0.2, 0.25) is 0 Å². The molecular formula is C14H28N2O. The largest absolute Gasteiger partial charge is 0.342 e. The first-order chi connectivity index (χ1) is 8.08. The average molecular weight is 240 g/mol. The number of nitrogens with one attached hydrogen (secondary N) is 1. The van der Waals surface area contributed by atoms with E-state index in [0.717, 1.165) is 26.2 Å². The van der Waals surface area contributed by atoms with Gasteiger partial charge in [-0.1, -0.05) is 27.7 Å². The lowest BCUT2D eigenvalue weighted by molar-refractivity contribution is -0.134. The normalized spacial score (nSPS) is 20.6. The standard InChI is InChI=1S/C14H28N2O/c1-5-14(6-2)8-9-16(11-14)13(17)12(4)10-15-7-3/h12,15H,5-11H2,1-4H3. The summed E-state index contributed by atoms with van der Waals surface area (Å²) in [4.78, 5) is 14.3. The number of likely N-dealkylation sites (tertiary alicyclic amines) is 1. The van der Waals surface area contributed by atoms with Crippen molar-refractivity contribution in [1.82, 2.24) is 10.2 Å². The molecule has 0 aliphatic carbocycles. The molecule has 0 spiro atoms. The van der Waals surface area contributed by atoms with Crippen LogP contribution in [0.1, 0.15) is 47.0 Å². The van der Waals surface area contributed by atoms with Crippen molar-refractivity contribution in [1.29, 1.82) is 0 Å². The molecule has 1 aliphatic rings. The molecule has 1 N–H and O–H groups in total. The smallest absolute Gasteiger partial charge is 0.226 e. The molecule has 17 heavy (non-hydrogen) atoms. The minimum atomic E-state index is 0.111. The van der Waals surface area contributed by atoms with E-state index in [1.807, 2.05) is 6.92 Å². The van der Waals surface area contributed by atoms with Gasteiger partial charge in [-0.25, -0.2) is 0 Å². The van der Waals surface area contributed by atoms with Crippen LogP contribution in [0.3, 0.4) is 0 Å². The number of rotatable bonds is 6. The van der Waals surface area contributed by atoms with Gasteiger partial charge in [0.25, 0.3) is 0 Å². The van der Waals surface area contributed by atoms with Crippen LogP contribution in [-0.4, -0.2) is 37.0 Å². The van der Waals surface area contributed by atoms with Crippen molar-refractivity contribution in [2.75, 3.05) is 26.2 Å². The quantitative estimate of drug-likeness (QED) is 0.772. The highest BCUT2D eigenvalue weighted by Gasteiger charge is 2.37. The van der Waals surface area contributed by atoms with Gasteiger partial charge >= 0.3 is 0 Å². The number of hydrogen-bond donors (Lipinski definition) is 1. The lowest BCUT2D eigenvalue weighted by Crippen LogP contribution is -2.39. The fraction of sp³-hybridized carbons (Fsp3) is 0.929. The summed E-state index contributed by atoms with van der Waals surface area (Å²) in [5, 5.41) is 3.25. The molecule has 1 saturated heterocycles. The number of amides is 1. The van der Waals surface area contributed by atoms with Crippen LogP contribution < -0.4 is 5.32 Å². The highest BCUT2D eigenvalue weighted by atomic mass is 16.2. The molecule has 0 saturated carbocycles. The summed E-state index contributed by atoms with van der Waals surface area (Å²) < 4.78 is 0. The van der Waals surface area contributed by atoms with Crippen molar-refractivity contribution < 1.29 is 4.79 Å². The Kier molecular flexibility index (Phi) is 5.44. The second-order valence-electron chi connectivity index (χ2n) is 5.43. The Bertz CT molecular complexity index is 249. The molecule has 0 bridgehead atoms. The van der Waals surface area contributed by atoms with Crippen molar-refractivity contribution in [3.63, 3.8) is 0 Å². The first kappa shape index (κ1) is 14.5. The third-order valence-electron chi connectivity index (χ3n) is 4.37. The van der Waals surface area contributed by atoms with E-state index in [-0.39, 0.29) is 5.92 Å². The van der Waals surface area contributed by atoms with Gasteiger partial charge in [-0.15, -0.1) is 0 Å². The fourth-order valence-electron chi connectivity index (χ4n) is 2.71. The summed E-state index contributed by atoms with van der Waals surface area (Å²) in [6.07, 6.45) is 3.56. The zero-order chi connectivity index (χ0) is 12.9.